The van der Waals surface area contributed by atoms with Crippen molar-refractivity contribution in [3.05, 3.63) is 112 Å². The number of hydrogen-bond acceptors (Lipinski definition) is 4. The second kappa shape index (κ2) is 8.18. The van der Waals surface area contributed by atoms with Crippen LogP contribution in [-0.2, 0) is 11.3 Å². The number of ether oxygens (including phenoxy) is 1. The molecule has 1 unspecified atom stereocenters. The molecule has 3 rings (SSSR count). The molecule has 5 heteroatoms. The van der Waals surface area contributed by atoms with Gasteiger partial charge in [0.2, 0.25) is 0 Å². The van der Waals surface area contributed by atoms with Crippen LogP contribution >= 0.6 is 0 Å². The van der Waals surface area contributed by atoms with E-state index in [2.05, 4.69) is 0 Å². The van der Waals surface area contributed by atoms with Crippen molar-refractivity contribution < 1.29 is 14.5 Å². The number of hydrogen-bond donors (Lipinski definition) is 0. The molecule has 0 saturated carbocycles. The minimum Gasteiger partial charge on any atom is -0.361 e. The van der Waals surface area contributed by atoms with Gasteiger partial charge >= 0.3 is 0 Å². The van der Waals surface area contributed by atoms with E-state index in [1.807, 2.05) is 36.4 Å². The lowest BCUT2D eigenvalue weighted by Crippen LogP contribution is -2.16. The number of carbonyl (C=O) groups excluding carboxylic acids is 1. The SMILES string of the molecule is O=C(c1ccccc1)C(OCc1ccccc1)c1ccc([N+](=O)[O-])cc1. The van der Waals surface area contributed by atoms with Crippen LogP contribution in [0.1, 0.15) is 27.6 Å². The van der Waals surface area contributed by atoms with Crippen molar-refractivity contribution in [3.63, 3.8) is 0 Å². The van der Waals surface area contributed by atoms with Crippen LogP contribution < -0.4 is 0 Å². The fraction of sp³-hybridized carbons (Fsp3) is 0.0952. The average molecular weight is 347 g/mol. The van der Waals surface area contributed by atoms with E-state index in [1.54, 1.807) is 36.4 Å². The van der Waals surface area contributed by atoms with Gasteiger partial charge in [-0.15, -0.1) is 0 Å². The fourth-order valence-corrected chi connectivity index (χ4v) is 2.60. The highest BCUT2D eigenvalue weighted by Crippen LogP contribution is 2.26. The van der Waals surface area contributed by atoms with Gasteiger partial charge in [-0.05, 0) is 23.3 Å². The van der Waals surface area contributed by atoms with Crippen molar-refractivity contribution in [2.45, 2.75) is 12.7 Å². The summed E-state index contributed by atoms with van der Waals surface area (Å²) in [6.07, 6.45) is -0.835. The summed E-state index contributed by atoms with van der Waals surface area (Å²) in [5.41, 5.74) is 2.03. The molecule has 0 bridgehead atoms. The van der Waals surface area contributed by atoms with Crippen molar-refractivity contribution in [3.8, 4) is 0 Å². The molecule has 0 aliphatic carbocycles. The molecule has 0 fully saturated rings. The summed E-state index contributed by atoms with van der Waals surface area (Å²) < 4.78 is 5.91. The molecule has 130 valence electrons. The number of benzene rings is 3. The molecular weight excluding hydrogens is 330 g/mol. The lowest BCUT2D eigenvalue weighted by molar-refractivity contribution is -0.384. The maximum absolute atomic E-state index is 12.9. The third-order valence-electron chi connectivity index (χ3n) is 3.96. The highest BCUT2D eigenvalue weighted by Gasteiger charge is 2.23. The second-order valence-electron chi connectivity index (χ2n) is 5.76. The van der Waals surface area contributed by atoms with E-state index in [0.29, 0.717) is 11.1 Å². The first-order chi connectivity index (χ1) is 12.6. The average Bonchev–Trinajstić information content (AvgIpc) is 2.70. The smallest absolute Gasteiger partial charge is 0.269 e. The number of rotatable bonds is 7. The maximum atomic E-state index is 12.9. The van der Waals surface area contributed by atoms with Crippen molar-refractivity contribution >= 4 is 11.5 Å². The lowest BCUT2D eigenvalue weighted by atomic mass is 9.99. The summed E-state index contributed by atoms with van der Waals surface area (Å²) in [6, 6.07) is 24.3. The Morgan fingerprint density at radius 3 is 2.04 bits per heavy atom. The summed E-state index contributed by atoms with van der Waals surface area (Å²) in [6.45, 7) is 0.265. The van der Waals surface area contributed by atoms with Crippen LogP contribution in [0.15, 0.2) is 84.9 Å². The molecule has 3 aromatic rings. The monoisotopic (exact) mass is 347 g/mol. The molecule has 0 aliphatic rings. The Hall–Kier alpha value is -3.31. The van der Waals surface area contributed by atoms with Crippen LogP contribution in [0.25, 0.3) is 0 Å². The first kappa shape index (κ1) is 17.5. The molecule has 0 saturated heterocycles. The van der Waals surface area contributed by atoms with Crippen molar-refractivity contribution in [1.82, 2.24) is 0 Å². The zero-order valence-electron chi connectivity index (χ0n) is 13.9. The first-order valence-electron chi connectivity index (χ1n) is 8.14. The summed E-state index contributed by atoms with van der Waals surface area (Å²) >= 11 is 0. The standard InChI is InChI=1S/C21H17NO4/c23-20(17-9-5-2-6-10-17)21(26-15-16-7-3-1-4-8-16)18-11-13-19(14-12-18)22(24)25/h1-14,21H,15H2. The topological polar surface area (TPSA) is 69.4 Å². The molecular formula is C21H17NO4. The van der Waals surface area contributed by atoms with Gasteiger partial charge in [-0.25, -0.2) is 0 Å². The number of non-ortho nitro benzene ring substituents is 1. The van der Waals surface area contributed by atoms with E-state index < -0.39 is 11.0 Å². The molecule has 1 atom stereocenters. The van der Waals surface area contributed by atoms with Crippen LogP contribution in [0.5, 0.6) is 0 Å². The van der Waals surface area contributed by atoms with Gasteiger partial charge in [-0.1, -0.05) is 60.7 Å². The number of Topliss-reactive ketones (excluding diaryl/α,β-unsaturated/α-hetero) is 1. The normalized spacial score (nSPS) is 11.7. The van der Waals surface area contributed by atoms with E-state index in [9.17, 15) is 14.9 Å². The number of ketones is 1. The molecule has 0 amide bonds. The molecule has 5 nitrogen and oxygen atoms in total. The van der Waals surface area contributed by atoms with Gasteiger partial charge in [-0.3, -0.25) is 14.9 Å². The van der Waals surface area contributed by atoms with E-state index >= 15 is 0 Å². The van der Waals surface area contributed by atoms with Crippen LogP contribution in [0.3, 0.4) is 0 Å². The Balaban J connectivity index is 1.87. The van der Waals surface area contributed by atoms with Crippen LogP contribution in [0, 0.1) is 10.1 Å². The van der Waals surface area contributed by atoms with E-state index in [0.717, 1.165) is 5.56 Å². The largest absolute Gasteiger partial charge is 0.361 e. The molecule has 3 aromatic carbocycles. The summed E-state index contributed by atoms with van der Waals surface area (Å²) in [4.78, 5) is 23.3. The maximum Gasteiger partial charge on any atom is 0.269 e. The Morgan fingerprint density at radius 2 is 1.46 bits per heavy atom. The molecule has 0 spiro atoms. The third kappa shape index (κ3) is 4.20. The van der Waals surface area contributed by atoms with E-state index in [1.165, 1.54) is 12.1 Å². The van der Waals surface area contributed by atoms with Crippen LogP contribution in [0.4, 0.5) is 5.69 Å². The van der Waals surface area contributed by atoms with Crippen molar-refractivity contribution in [2.24, 2.45) is 0 Å². The molecule has 0 aliphatic heterocycles. The molecule has 0 heterocycles. The van der Waals surface area contributed by atoms with Crippen LogP contribution in [-0.4, -0.2) is 10.7 Å². The Morgan fingerprint density at radius 1 is 0.885 bits per heavy atom. The number of carbonyl (C=O) groups is 1. The predicted molar refractivity (Wildman–Crippen MR) is 97.8 cm³/mol. The summed E-state index contributed by atoms with van der Waals surface area (Å²) in [5.74, 6) is -0.185. The van der Waals surface area contributed by atoms with Gasteiger partial charge in [0, 0.05) is 17.7 Å². The Kier molecular flexibility index (Phi) is 5.51. The van der Waals surface area contributed by atoms with E-state index in [4.69, 9.17) is 4.74 Å². The fourth-order valence-electron chi connectivity index (χ4n) is 2.60. The zero-order chi connectivity index (χ0) is 18.4. The predicted octanol–water partition coefficient (Wildman–Crippen LogP) is 4.74. The quantitative estimate of drug-likeness (QED) is 0.352. The van der Waals surface area contributed by atoms with Gasteiger partial charge in [0.25, 0.3) is 5.69 Å². The zero-order valence-corrected chi connectivity index (χ0v) is 13.9. The van der Waals surface area contributed by atoms with Gasteiger partial charge in [-0.2, -0.15) is 0 Å². The van der Waals surface area contributed by atoms with Crippen LogP contribution in [0.2, 0.25) is 0 Å². The number of nitro benzene ring substituents is 1. The second-order valence-corrected chi connectivity index (χ2v) is 5.76. The summed E-state index contributed by atoms with van der Waals surface area (Å²) in [7, 11) is 0. The minimum atomic E-state index is -0.835. The van der Waals surface area contributed by atoms with Gasteiger partial charge in [0.1, 0.15) is 6.10 Å². The highest BCUT2D eigenvalue weighted by molar-refractivity contribution is 6.00. The number of nitrogens with zero attached hydrogens (tertiary/aromatic N) is 1. The lowest BCUT2D eigenvalue weighted by Gasteiger charge is -2.17. The first-order valence-corrected chi connectivity index (χ1v) is 8.14. The minimum absolute atomic E-state index is 0.0253. The van der Waals surface area contributed by atoms with Crippen molar-refractivity contribution in [1.29, 1.82) is 0 Å². The van der Waals surface area contributed by atoms with Gasteiger partial charge in [0.05, 0.1) is 11.5 Å². The van der Waals surface area contributed by atoms with Gasteiger partial charge < -0.3 is 4.74 Å². The summed E-state index contributed by atoms with van der Waals surface area (Å²) in [5, 5.41) is 10.9. The molecule has 26 heavy (non-hydrogen) atoms. The third-order valence-corrected chi connectivity index (χ3v) is 3.96. The molecule has 0 aromatic heterocycles. The van der Waals surface area contributed by atoms with Gasteiger partial charge in [0.15, 0.2) is 5.78 Å². The molecule has 0 N–H and O–H groups in total. The Bertz CT molecular complexity index is 877. The number of nitro groups is 1. The highest BCUT2D eigenvalue weighted by atomic mass is 16.6. The van der Waals surface area contributed by atoms with Crippen molar-refractivity contribution in [2.75, 3.05) is 0 Å². The van der Waals surface area contributed by atoms with E-state index in [-0.39, 0.29) is 18.1 Å². The molecule has 0 radical (unpaired) electrons. The Labute approximate surface area is 151 Å².